The molecular weight excluding hydrogens is 538 g/mol. The Labute approximate surface area is 246 Å². The molecule has 0 saturated carbocycles. The van der Waals surface area contributed by atoms with Crippen LogP contribution in [0.1, 0.15) is 24.0 Å². The van der Waals surface area contributed by atoms with Crippen LogP contribution in [-0.4, -0.2) is 92.4 Å². The van der Waals surface area contributed by atoms with Crippen molar-refractivity contribution in [1.29, 1.82) is 0 Å². The third kappa shape index (κ3) is 8.19. The highest BCUT2D eigenvalue weighted by Gasteiger charge is 2.30. The predicted octanol–water partition coefficient (Wildman–Crippen LogP) is -0.915. The first-order valence-electron chi connectivity index (χ1n) is 14.6. The lowest BCUT2D eigenvalue weighted by Gasteiger charge is -2.26. The van der Waals surface area contributed by atoms with Gasteiger partial charge < -0.3 is 47.8 Å². The second-order valence-corrected chi connectivity index (χ2v) is 11.0. The lowest BCUT2D eigenvalue weighted by molar-refractivity contribution is -0.132. The van der Waals surface area contributed by atoms with Gasteiger partial charge in [-0.2, -0.15) is 0 Å². The van der Waals surface area contributed by atoms with Gasteiger partial charge in [-0.3, -0.25) is 14.4 Å². The molecule has 42 heavy (non-hydrogen) atoms. The Balaban J connectivity index is 1.69. The number of nitrogens with two attached hydrogens (primary N) is 1. The predicted molar refractivity (Wildman–Crippen MR) is 160 cm³/mol. The summed E-state index contributed by atoms with van der Waals surface area (Å²) in [5, 5.41) is 39.6. The number of aromatic hydroxyl groups is 2. The van der Waals surface area contributed by atoms with Crippen molar-refractivity contribution in [1.82, 2.24) is 31.9 Å². The van der Waals surface area contributed by atoms with E-state index in [-0.39, 0.29) is 42.6 Å². The van der Waals surface area contributed by atoms with Crippen molar-refractivity contribution in [3.63, 3.8) is 0 Å². The molecule has 12 nitrogen and oxygen atoms in total. The monoisotopic (exact) mass is 581 g/mol. The van der Waals surface area contributed by atoms with Crippen LogP contribution in [0.15, 0.2) is 36.4 Å². The highest BCUT2D eigenvalue weighted by Crippen LogP contribution is 2.31. The highest BCUT2D eigenvalue weighted by atomic mass is 16.3. The highest BCUT2D eigenvalue weighted by molar-refractivity contribution is 5.93. The molecule has 2 aromatic rings. The van der Waals surface area contributed by atoms with E-state index in [4.69, 9.17) is 5.73 Å². The quantitative estimate of drug-likeness (QED) is 0.199. The van der Waals surface area contributed by atoms with E-state index in [0.29, 0.717) is 30.6 Å². The Hall–Kier alpha value is -3.71. The van der Waals surface area contributed by atoms with Gasteiger partial charge >= 0.3 is 0 Å². The lowest BCUT2D eigenvalue weighted by atomic mass is 9.95. The maximum Gasteiger partial charge on any atom is 0.243 e. The number of phenols is 2. The maximum atomic E-state index is 13.6. The van der Waals surface area contributed by atoms with Crippen molar-refractivity contribution in [3.05, 3.63) is 47.5 Å². The number of amides is 3. The zero-order valence-electron chi connectivity index (χ0n) is 24.0. The standard InChI is InChI=1S/C30H43N7O5/c1-32-24-13-21-11-19(4-6-26(21)38)20-5-7-27(39)22(12-20)14-25(28(40)35-17-18-15-33-9-10-34-16-18)37-29(41)23(3-2-8-31)36-30(24)42/h4-7,11-12,18,23-25,32-34,38-39H,2-3,8-10,13-17,31H2,1H3,(H,35,40)(H,36,42)(H,37,41)/t23-,24-,25-/m0/s1. The van der Waals surface area contributed by atoms with E-state index in [1.807, 2.05) is 0 Å². The molecule has 4 bridgehead atoms. The SMILES string of the molecule is CN[C@H]1Cc2cc(ccc2O)-c2ccc(O)c(c2)C[C@@H](C(=O)NCC2CNCCNC2)NC(=O)[C@H](CCCN)NC1=O. The molecule has 0 unspecified atom stereocenters. The first-order chi connectivity index (χ1) is 20.3. The minimum atomic E-state index is -1.01. The normalized spacial score (nSPS) is 22.2. The summed E-state index contributed by atoms with van der Waals surface area (Å²) in [6, 6.07) is 7.53. The first kappa shape index (κ1) is 31.2. The van der Waals surface area contributed by atoms with E-state index in [0.717, 1.165) is 37.3 Å². The summed E-state index contributed by atoms with van der Waals surface area (Å²) in [7, 11) is 1.64. The Morgan fingerprint density at radius 1 is 0.929 bits per heavy atom. The smallest absolute Gasteiger partial charge is 0.243 e. The summed E-state index contributed by atoms with van der Waals surface area (Å²) in [5.41, 5.74) is 8.28. The third-order valence-electron chi connectivity index (χ3n) is 7.88. The molecule has 2 aliphatic heterocycles. The van der Waals surface area contributed by atoms with E-state index in [1.54, 1.807) is 43.4 Å². The molecule has 1 saturated heterocycles. The van der Waals surface area contributed by atoms with Crippen molar-refractivity contribution in [3.8, 4) is 22.6 Å². The molecule has 3 atom stereocenters. The molecule has 3 amide bonds. The van der Waals surface area contributed by atoms with Crippen LogP contribution in [0, 0.1) is 5.92 Å². The minimum absolute atomic E-state index is 0.00508. The molecule has 0 aromatic heterocycles. The lowest BCUT2D eigenvalue weighted by Crippen LogP contribution is -2.57. The summed E-state index contributed by atoms with van der Waals surface area (Å²) in [6.07, 6.45) is 0.959. The number of carbonyl (C=O) groups is 3. The number of likely N-dealkylation sites (N-methyl/N-ethyl adjacent to an activating group) is 1. The number of nitrogens with one attached hydrogen (secondary N) is 6. The Bertz CT molecular complexity index is 1250. The summed E-state index contributed by atoms with van der Waals surface area (Å²) in [5.74, 6) is -1.10. The molecule has 4 rings (SSSR count). The van der Waals surface area contributed by atoms with Crippen molar-refractivity contribution >= 4 is 17.7 Å². The number of fused-ring (bicyclic) bond motifs is 5. The summed E-state index contributed by atoms with van der Waals surface area (Å²) < 4.78 is 0. The van der Waals surface area contributed by atoms with Gasteiger partial charge in [0.2, 0.25) is 17.7 Å². The fraction of sp³-hybridized carbons (Fsp3) is 0.500. The van der Waals surface area contributed by atoms with Gasteiger partial charge in [0, 0.05) is 51.5 Å². The van der Waals surface area contributed by atoms with Gasteiger partial charge in [-0.05, 0) is 73.0 Å². The number of benzene rings is 2. The van der Waals surface area contributed by atoms with Gasteiger partial charge in [-0.25, -0.2) is 0 Å². The Morgan fingerprint density at radius 2 is 1.55 bits per heavy atom. The maximum absolute atomic E-state index is 13.6. The van der Waals surface area contributed by atoms with Crippen molar-refractivity contribution < 1.29 is 24.6 Å². The zero-order chi connectivity index (χ0) is 30.1. The minimum Gasteiger partial charge on any atom is -0.508 e. The average Bonchev–Trinajstić information content (AvgIpc) is 3.26. The van der Waals surface area contributed by atoms with E-state index in [9.17, 15) is 24.6 Å². The first-order valence-corrected chi connectivity index (χ1v) is 14.6. The second kappa shape index (κ2) is 15.0. The largest absolute Gasteiger partial charge is 0.508 e. The van der Waals surface area contributed by atoms with Crippen LogP contribution < -0.4 is 37.6 Å². The Kier molecular flexibility index (Phi) is 11.1. The molecular formula is C30H43N7O5. The van der Waals surface area contributed by atoms with Crippen LogP contribution in [0.25, 0.3) is 11.1 Å². The van der Waals surface area contributed by atoms with Crippen LogP contribution in [0.5, 0.6) is 11.5 Å². The van der Waals surface area contributed by atoms with Crippen LogP contribution in [0.3, 0.4) is 0 Å². The molecule has 228 valence electrons. The molecule has 0 radical (unpaired) electrons. The van der Waals surface area contributed by atoms with Gasteiger partial charge in [0.1, 0.15) is 23.6 Å². The van der Waals surface area contributed by atoms with Crippen LogP contribution >= 0.6 is 0 Å². The number of hydrogen-bond acceptors (Lipinski definition) is 9. The van der Waals surface area contributed by atoms with Crippen molar-refractivity contribution in [2.75, 3.05) is 46.3 Å². The molecule has 2 aliphatic rings. The second-order valence-electron chi connectivity index (χ2n) is 11.0. The molecule has 12 heteroatoms. The number of phenolic OH excluding ortho intramolecular Hbond substituents is 2. The summed E-state index contributed by atoms with van der Waals surface area (Å²) in [6.45, 7) is 3.94. The fourth-order valence-electron chi connectivity index (χ4n) is 5.34. The van der Waals surface area contributed by atoms with Gasteiger partial charge in [0.05, 0.1) is 6.04 Å². The number of rotatable bonds is 7. The van der Waals surface area contributed by atoms with Crippen molar-refractivity contribution in [2.24, 2.45) is 11.7 Å². The molecule has 2 aromatic carbocycles. The van der Waals surface area contributed by atoms with E-state index >= 15 is 0 Å². The van der Waals surface area contributed by atoms with E-state index in [2.05, 4.69) is 31.9 Å². The molecule has 10 N–H and O–H groups in total. The van der Waals surface area contributed by atoms with Crippen LogP contribution in [-0.2, 0) is 27.2 Å². The van der Waals surface area contributed by atoms with Gasteiger partial charge in [0.15, 0.2) is 0 Å². The summed E-state index contributed by atoms with van der Waals surface area (Å²) >= 11 is 0. The van der Waals surface area contributed by atoms with Crippen molar-refractivity contribution in [2.45, 2.75) is 43.8 Å². The topological polar surface area (TPSA) is 190 Å². The van der Waals surface area contributed by atoms with E-state index < -0.39 is 29.9 Å². The third-order valence-corrected chi connectivity index (χ3v) is 7.88. The molecule has 1 fully saturated rings. The molecule has 2 heterocycles. The van der Waals surface area contributed by atoms with Gasteiger partial charge in [-0.15, -0.1) is 0 Å². The molecule has 0 aliphatic carbocycles. The van der Waals surface area contributed by atoms with Crippen LogP contribution in [0.2, 0.25) is 0 Å². The fourth-order valence-corrected chi connectivity index (χ4v) is 5.34. The number of carbonyl (C=O) groups excluding carboxylic acids is 3. The zero-order valence-corrected chi connectivity index (χ0v) is 24.0. The average molecular weight is 582 g/mol. The van der Waals surface area contributed by atoms with Gasteiger partial charge in [-0.1, -0.05) is 12.1 Å². The molecule has 0 spiro atoms. The Morgan fingerprint density at radius 3 is 2.14 bits per heavy atom. The van der Waals surface area contributed by atoms with Gasteiger partial charge in [0.25, 0.3) is 0 Å². The van der Waals surface area contributed by atoms with E-state index in [1.165, 1.54) is 0 Å². The summed E-state index contributed by atoms with van der Waals surface area (Å²) in [4.78, 5) is 40.5. The number of hydrogen-bond donors (Lipinski definition) is 9. The van der Waals surface area contributed by atoms with Crippen LogP contribution in [0.4, 0.5) is 0 Å².